The minimum absolute atomic E-state index is 0.0211. The zero-order chi connectivity index (χ0) is 20.5. The molecular formula is C20H13N3O6. The Balaban J connectivity index is 2.01. The van der Waals surface area contributed by atoms with Crippen LogP contribution in [0.4, 0.5) is 0 Å². The number of hydrogen-bond acceptors (Lipinski definition) is 7. The third-order valence-corrected chi connectivity index (χ3v) is 4.26. The van der Waals surface area contributed by atoms with Crippen molar-refractivity contribution in [3.05, 3.63) is 87.2 Å². The van der Waals surface area contributed by atoms with Gasteiger partial charge >= 0.3 is 0 Å². The zero-order valence-corrected chi connectivity index (χ0v) is 14.7. The van der Waals surface area contributed by atoms with Crippen molar-refractivity contribution in [1.29, 1.82) is 0 Å². The molecular weight excluding hydrogens is 378 g/mol. The van der Waals surface area contributed by atoms with E-state index < -0.39 is 16.5 Å². The summed E-state index contributed by atoms with van der Waals surface area (Å²) in [4.78, 5) is 32.6. The Morgan fingerprint density at radius 1 is 0.966 bits per heavy atom. The topological polar surface area (TPSA) is 127 Å². The van der Waals surface area contributed by atoms with Gasteiger partial charge < -0.3 is 10.2 Å². The molecule has 4 rings (SSSR count). The average molecular weight is 391 g/mol. The van der Waals surface area contributed by atoms with Crippen molar-refractivity contribution in [2.45, 2.75) is 0 Å². The predicted molar refractivity (Wildman–Crippen MR) is 103 cm³/mol. The van der Waals surface area contributed by atoms with Crippen LogP contribution < -0.4 is 10.4 Å². The fourth-order valence-electron chi connectivity index (χ4n) is 3.06. The maximum Gasteiger partial charge on any atom is 0.299 e. The summed E-state index contributed by atoms with van der Waals surface area (Å²) < 4.78 is 0.996. The van der Waals surface area contributed by atoms with Crippen LogP contribution >= 0.6 is 0 Å². The van der Waals surface area contributed by atoms with Crippen molar-refractivity contribution in [3.63, 3.8) is 0 Å². The van der Waals surface area contributed by atoms with Gasteiger partial charge in [-0.25, -0.2) is 9.38 Å². The van der Waals surface area contributed by atoms with E-state index in [0.717, 1.165) is 10.5 Å². The molecule has 9 nitrogen and oxygen atoms in total. The first-order valence-corrected chi connectivity index (χ1v) is 8.41. The lowest BCUT2D eigenvalue weighted by Crippen LogP contribution is -2.19. The maximum absolute atomic E-state index is 13.2. The number of rotatable bonds is 4. The van der Waals surface area contributed by atoms with Crippen molar-refractivity contribution in [2.75, 3.05) is 0 Å². The smallest absolute Gasteiger partial charge is 0.299 e. The highest BCUT2D eigenvalue weighted by Crippen LogP contribution is 2.31. The highest BCUT2D eigenvalue weighted by atomic mass is 17.0. The second-order valence-corrected chi connectivity index (χ2v) is 6.11. The summed E-state index contributed by atoms with van der Waals surface area (Å²) in [5.74, 6) is -0.675. The molecule has 2 heterocycles. The highest BCUT2D eigenvalue weighted by molar-refractivity contribution is 5.82. The molecule has 0 unspecified atom stereocenters. The normalized spacial score (nSPS) is 10.8. The van der Waals surface area contributed by atoms with Crippen molar-refractivity contribution in [2.24, 2.45) is 0 Å². The molecule has 144 valence electrons. The average Bonchev–Trinajstić information content (AvgIpc) is 2.68. The first kappa shape index (κ1) is 18.0. The third-order valence-electron chi connectivity index (χ3n) is 4.26. The summed E-state index contributed by atoms with van der Waals surface area (Å²) >= 11 is 0. The van der Waals surface area contributed by atoms with E-state index in [1.54, 1.807) is 30.3 Å². The summed E-state index contributed by atoms with van der Waals surface area (Å²) in [6.45, 7) is 0. The lowest BCUT2D eigenvalue weighted by atomic mass is 10.00. The van der Waals surface area contributed by atoms with Crippen molar-refractivity contribution < 1.29 is 20.1 Å². The summed E-state index contributed by atoms with van der Waals surface area (Å²) in [5, 5.41) is 29.5. The Bertz CT molecular complexity index is 1280. The SMILES string of the molecule is O=c1c(-c2ccccc2)c(-c2ccc(O[N+](=O)[O-])cc2)nc2cc(O)cc(O)n12. The standard InChI is InChI=1S/C20H13N3O6/c24-14-10-16-21-19(13-6-8-15(9-7-13)29-23(27)28)18(12-4-2-1-3-5-12)20(26)22(16)17(25)11-14/h1-11,24-25H. The Hall–Kier alpha value is -4.40. The molecule has 0 radical (unpaired) electrons. The number of fused-ring (bicyclic) bond motifs is 1. The van der Waals surface area contributed by atoms with Gasteiger partial charge in [0.2, 0.25) is 5.88 Å². The van der Waals surface area contributed by atoms with E-state index in [1.165, 1.54) is 30.3 Å². The van der Waals surface area contributed by atoms with Crippen LogP contribution in [0.1, 0.15) is 0 Å². The van der Waals surface area contributed by atoms with Crippen LogP contribution in [0, 0.1) is 10.1 Å². The summed E-state index contributed by atoms with van der Waals surface area (Å²) in [6.07, 6.45) is 0. The molecule has 9 heteroatoms. The fraction of sp³-hybridized carbons (Fsp3) is 0. The van der Waals surface area contributed by atoms with E-state index in [0.29, 0.717) is 16.8 Å². The summed E-state index contributed by atoms with van der Waals surface area (Å²) in [7, 11) is 0. The Labute approximate surface area is 162 Å². The van der Waals surface area contributed by atoms with Crippen LogP contribution in [0.25, 0.3) is 28.0 Å². The monoisotopic (exact) mass is 391 g/mol. The van der Waals surface area contributed by atoms with Crippen LogP contribution in [0.15, 0.2) is 71.5 Å². The molecule has 0 aliphatic heterocycles. The van der Waals surface area contributed by atoms with Gasteiger partial charge in [-0.05, 0) is 17.7 Å². The zero-order valence-electron chi connectivity index (χ0n) is 14.7. The molecule has 0 amide bonds. The molecule has 0 spiro atoms. The van der Waals surface area contributed by atoms with Crippen molar-refractivity contribution >= 4 is 5.65 Å². The number of hydrogen-bond donors (Lipinski definition) is 2. The van der Waals surface area contributed by atoms with Gasteiger partial charge in [0.05, 0.1) is 11.3 Å². The van der Waals surface area contributed by atoms with E-state index in [2.05, 4.69) is 9.82 Å². The second kappa shape index (κ2) is 6.97. The van der Waals surface area contributed by atoms with Gasteiger partial charge in [0.25, 0.3) is 10.6 Å². The number of pyridine rings is 1. The van der Waals surface area contributed by atoms with E-state index in [-0.39, 0.29) is 22.7 Å². The molecule has 0 saturated heterocycles. The first-order valence-electron chi connectivity index (χ1n) is 8.41. The molecule has 29 heavy (non-hydrogen) atoms. The van der Waals surface area contributed by atoms with Gasteiger partial charge in [0, 0.05) is 17.7 Å². The minimum atomic E-state index is -0.920. The van der Waals surface area contributed by atoms with Crippen molar-refractivity contribution in [1.82, 2.24) is 9.38 Å². The lowest BCUT2D eigenvalue weighted by molar-refractivity contribution is -0.711. The molecule has 0 aliphatic rings. The quantitative estimate of drug-likeness (QED) is 0.404. The van der Waals surface area contributed by atoms with Crippen LogP contribution in [0.3, 0.4) is 0 Å². The minimum Gasteiger partial charge on any atom is -0.508 e. The number of nitrogens with zero attached hydrogens (tertiary/aromatic N) is 3. The van der Waals surface area contributed by atoms with Gasteiger partial charge in [-0.15, -0.1) is 10.1 Å². The van der Waals surface area contributed by atoms with Crippen LogP contribution in [0.5, 0.6) is 17.4 Å². The lowest BCUT2D eigenvalue weighted by Gasteiger charge is -2.13. The van der Waals surface area contributed by atoms with Crippen LogP contribution in [-0.4, -0.2) is 24.7 Å². The Morgan fingerprint density at radius 2 is 1.66 bits per heavy atom. The Kier molecular flexibility index (Phi) is 4.32. The van der Waals surface area contributed by atoms with Gasteiger partial charge in [-0.3, -0.25) is 9.63 Å². The number of aromatic hydroxyl groups is 2. The van der Waals surface area contributed by atoms with Crippen molar-refractivity contribution in [3.8, 4) is 39.8 Å². The van der Waals surface area contributed by atoms with Gasteiger partial charge in [-0.1, -0.05) is 42.5 Å². The number of benzene rings is 2. The molecule has 2 N–H and O–H groups in total. The molecule has 0 saturated carbocycles. The second-order valence-electron chi connectivity index (χ2n) is 6.11. The molecule has 4 aromatic rings. The largest absolute Gasteiger partial charge is 0.508 e. The molecule has 0 atom stereocenters. The van der Waals surface area contributed by atoms with E-state index >= 15 is 0 Å². The van der Waals surface area contributed by atoms with E-state index in [4.69, 9.17) is 0 Å². The van der Waals surface area contributed by atoms with Crippen LogP contribution in [0.2, 0.25) is 0 Å². The fourth-order valence-corrected chi connectivity index (χ4v) is 3.06. The predicted octanol–water partition coefficient (Wildman–Crippen LogP) is 3.01. The number of aromatic nitrogens is 2. The summed E-state index contributed by atoms with van der Waals surface area (Å²) in [5.41, 5.74) is 1.12. The summed E-state index contributed by atoms with van der Waals surface area (Å²) in [6, 6.07) is 16.9. The highest BCUT2D eigenvalue weighted by Gasteiger charge is 2.18. The van der Waals surface area contributed by atoms with Crippen LogP contribution in [-0.2, 0) is 0 Å². The van der Waals surface area contributed by atoms with E-state index in [9.17, 15) is 25.1 Å². The first-order chi connectivity index (χ1) is 13.9. The molecule has 2 aromatic carbocycles. The van der Waals surface area contributed by atoms with Gasteiger partial charge in [0.1, 0.15) is 17.1 Å². The molecule has 0 bridgehead atoms. The third kappa shape index (κ3) is 3.32. The molecule has 0 aliphatic carbocycles. The molecule has 0 fully saturated rings. The van der Waals surface area contributed by atoms with Gasteiger partial charge in [-0.2, -0.15) is 0 Å². The van der Waals surface area contributed by atoms with E-state index in [1.807, 2.05) is 0 Å². The van der Waals surface area contributed by atoms with Gasteiger partial charge in [0.15, 0.2) is 0 Å². The molecule has 2 aromatic heterocycles. The maximum atomic E-state index is 13.2. The Morgan fingerprint density at radius 3 is 2.31 bits per heavy atom.